The van der Waals surface area contributed by atoms with Gasteiger partial charge >= 0.3 is 0 Å². The third-order valence-electron chi connectivity index (χ3n) is 4.47. The molecular formula is C24H12Br2. The maximum Gasteiger partial charge on any atom is 0.0339 e. The van der Waals surface area contributed by atoms with Crippen molar-refractivity contribution in [3.05, 3.63) is 83.9 Å². The molecule has 4 aromatic carbocycles. The molecule has 2 heteroatoms. The number of benzene rings is 4. The lowest BCUT2D eigenvalue weighted by Gasteiger charge is -2.15. The fourth-order valence-corrected chi connectivity index (χ4v) is 3.82. The van der Waals surface area contributed by atoms with Gasteiger partial charge in [0.25, 0.3) is 0 Å². The van der Waals surface area contributed by atoms with Gasteiger partial charge in [-0.2, -0.15) is 0 Å². The van der Waals surface area contributed by atoms with Gasteiger partial charge < -0.3 is 0 Å². The van der Waals surface area contributed by atoms with Crippen LogP contribution in [0.5, 0.6) is 0 Å². The van der Waals surface area contributed by atoms with Crippen LogP contribution in [0.15, 0.2) is 72.8 Å². The van der Waals surface area contributed by atoms with E-state index in [9.17, 15) is 0 Å². The van der Waals surface area contributed by atoms with Crippen LogP contribution in [0.4, 0.5) is 0 Å². The second kappa shape index (κ2) is 7.38. The van der Waals surface area contributed by atoms with Crippen LogP contribution in [-0.4, -0.2) is 0 Å². The SMILES string of the molecule is BrC#Cc1ccc2ccccc2c1-c1c(C#CBr)ccc2ccccc12. The first-order valence-corrected chi connectivity index (χ1v) is 9.69. The average molecular weight is 460 g/mol. The molecule has 0 heterocycles. The zero-order chi connectivity index (χ0) is 17.9. The van der Waals surface area contributed by atoms with Crippen LogP contribution in [0.2, 0.25) is 0 Å². The van der Waals surface area contributed by atoms with E-state index in [1.165, 1.54) is 21.5 Å². The first kappa shape index (κ1) is 16.9. The Labute approximate surface area is 169 Å². The van der Waals surface area contributed by atoms with Gasteiger partial charge in [-0.15, -0.1) is 0 Å². The highest BCUT2D eigenvalue weighted by molar-refractivity contribution is 9.12. The maximum absolute atomic E-state index is 3.26. The van der Waals surface area contributed by atoms with E-state index in [2.05, 4.69) is 126 Å². The number of fused-ring (bicyclic) bond motifs is 2. The second-order valence-electron chi connectivity index (χ2n) is 5.86. The Morgan fingerprint density at radius 3 is 1.35 bits per heavy atom. The van der Waals surface area contributed by atoms with Gasteiger partial charge in [-0.3, -0.25) is 0 Å². The third-order valence-corrected chi connectivity index (χ3v) is 4.87. The van der Waals surface area contributed by atoms with Crippen LogP contribution in [0, 0.1) is 21.5 Å². The topological polar surface area (TPSA) is 0 Å². The highest BCUT2D eigenvalue weighted by atomic mass is 79.9. The summed E-state index contributed by atoms with van der Waals surface area (Å²) >= 11 is 6.52. The Kier molecular flexibility index (Phi) is 4.81. The molecule has 0 aliphatic carbocycles. The number of hydrogen-bond donors (Lipinski definition) is 0. The van der Waals surface area contributed by atoms with Crippen LogP contribution in [0.1, 0.15) is 11.1 Å². The lowest BCUT2D eigenvalue weighted by molar-refractivity contribution is 1.62. The predicted molar refractivity (Wildman–Crippen MR) is 118 cm³/mol. The van der Waals surface area contributed by atoms with Crippen LogP contribution in [0.25, 0.3) is 32.7 Å². The molecular weight excluding hydrogens is 448 g/mol. The van der Waals surface area contributed by atoms with Crippen molar-refractivity contribution in [1.82, 2.24) is 0 Å². The Morgan fingerprint density at radius 1 is 0.500 bits per heavy atom. The molecule has 0 fully saturated rings. The largest absolute Gasteiger partial charge is 0.0616 e. The molecule has 0 aromatic heterocycles. The summed E-state index contributed by atoms with van der Waals surface area (Å²) in [7, 11) is 0. The molecule has 0 nitrogen and oxygen atoms in total. The van der Waals surface area contributed by atoms with E-state index in [0.717, 1.165) is 22.3 Å². The minimum Gasteiger partial charge on any atom is -0.0616 e. The highest BCUT2D eigenvalue weighted by Gasteiger charge is 2.15. The summed E-state index contributed by atoms with van der Waals surface area (Å²) in [6, 6.07) is 25.2. The first-order valence-electron chi connectivity index (χ1n) is 8.10. The Morgan fingerprint density at radius 2 is 0.923 bits per heavy atom. The first-order chi connectivity index (χ1) is 12.8. The minimum atomic E-state index is 0.981. The summed E-state index contributed by atoms with van der Waals surface area (Å²) < 4.78 is 0. The van der Waals surface area contributed by atoms with Crippen LogP contribution < -0.4 is 0 Å². The molecule has 0 atom stereocenters. The van der Waals surface area contributed by atoms with Crippen molar-refractivity contribution in [2.45, 2.75) is 0 Å². The predicted octanol–water partition coefficient (Wildman–Crippen LogP) is 7.07. The van der Waals surface area contributed by atoms with Gasteiger partial charge in [0.1, 0.15) is 0 Å². The molecule has 0 spiro atoms. The van der Waals surface area contributed by atoms with E-state index >= 15 is 0 Å². The van der Waals surface area contributed by atoms with Crippen molar-refractivity contribution >= 4 is 53.4 Å². The molecule has 0 N–H and O–H groups in total. The Hall–Kier alpha value is -2.52. The van der Waals surface area contributed by atoms with Gasteiger partial charge in [0.15, 0.2) is 0 Å². The summed E-state index contributed by atoms with van der Waals surface area (Å²) in [5.41, 5.74) is 4.21. The smallest absolute Gasteiger partial charge is 0.0339 e. The lowest BCUT2D eigenvalue weighted by atomic mass is 9.87. The molecule has 0 radical (unpaired) electrons. The summed E-state index contributed by atoms with van der Waals surface area (Å²) in [4.78, 5) is 5.75. The van der Waals surface area contributed by atoms with Crippen molar-refractivity contribution in [3.63, 3.8) is 0 Å². The number of hydrogen-bond acceptors (Lipinski definition) is 0. The summed E-state index contributed by atoms with van der Waals surface area (Å²) in [6.45, 7) is 0. The van der Waals surface area contributed by atoms with Crippen molar-refractivity contribution in [2.75, 3.05) is 0 Å². The molecule has 0 saturated heterocycles. The molecule has 122 valence electrons. The van der Waals surface area contributed by atoms with Crippen molar-refractivity contribution in [1.29, 1.82) is 0 Å². The van der Waals surface area contributed by atoms with E-state index in [0.29, 0.717) is 0 Å². The van der Waals surface area contributed by atoms with Gasteiger partial charge in [0.05, 0.1) is 0 Å². The number of halogens is 2. The van der Waals surface area contributed by atoms with Crippen molar-refractivity contribution in [3.8, 4) is 32.6 Å². The van der Waals surface area contributed by atoms with E-state index in [1.54, 1.807) is 0 Å². The molecule has 4 rings (SSSR count). The standard InChI is InChI=1S/C24H12Br2/c25-15-13-19-11-9-17-5-1-3-7-21(17)23(19)24-20(14-16-26)12-10-18-6-2-4-8-22(18)24/h1-12H. The number of rotatable bonds is 1. The quantitative estimate of drug-likeness (QED) is 0.267. The van der Waals surface area contributed by atoms with Crippen molar-refractivity contribution < 1.29 is 0 Å². The molecule has 0 bridgehead atoms. The van der Waals surface area contributed by atoms with Crippen LogP contribution in [-0.2, 0) is 0 Å². The molecule has 0 aliphatic rings. The molecule has 0 amide bonds. The normalized spacial score (nSPS) is 10.1. The van der Waals surface area contributed by atoms with E-state index in [-0.39, 0.29) is 0 Å². The van der Waals surface area contributed by atoms with E-state index in [4.69, 9.17) is 0 Å². The fraction of sp³-hybridized carbons (Fsp3) is 0. The van der Waals surface area contributed by atoms with Crippen LogP contribution in [0.3, 0.4) is 0 Å². The fourth-order valence-electron chi connectivity index (χ4n) is 3.39. The van der Waals surface area contributed by atoms with Gasteiger partial charge in [-0.1, -0.05) is 72.5 Å². The van der Waals surface area contributed by atoms with Crippen LogP contribution >= 0.6 is 31.9 Å². The lowest BCUT2D eigenvalue weighted by Crippen LogP contribution is -1.93. The molecule has 0 aliphatic heterocycles. The van der Waals surface area contributed by atoms with E-state index < -0.39 is 0 Å². The van der Waals surface area contributed by atoms with E-state index in [1.807, 2.05) is 0 Å². The van der Waals surface area contributed by atoms with Gasteiger partial charge in [0, 0.05) is 54.1 Å². The molecule has 0 unspecified atom stereocenters. The monoisotopic (exact) mass is 458 g/mol. The second-order valence-corrected chi connectivity index (χ2v) is 6.65. The molecule has 26 heavy (non-hydrogen) atoms. The zero-order valence-corrected chi connectivity index (χ0v) is 16.9. The van der Waals surface area contributed by atoms with Gasteiger partial charge in [-0.05, 0) is 43.3 Å². The maximum atomic E-state index is 3.26. The summed E-state index contributed by atoms with van der Waals surface area (Å²) in [5, 5.41) is 4.73. The average Bonchev–Trinajstić information content (AvgIpc) is 2.69. The summed E-state index contributed by atoms with van der Waals surface area (Å²) in [5.74, 6) is 6.42. The zero-order valence-electron chi connectivity index (χ0n) is 13.7. The Bertz CT molecular complexity index is 1160. The van der Waals surface area contributed by atoms with Gasteiger partial charge in [-0.25, -0.2) is 0 Å². The van der Waals surface area contributed by atoms with Gasteiger partial charge in [0.2, 0.25) is 0 Å². The third kappa shape index (κ3) is 2.93. The molecule has 4 aromatic rings. The minimum absolute atomic E-state index is 0.981. The Balaban J connectivity index is 2.25. The highest BCUT2D eigenvalue weighted by Crippen LogP contribution is 2.38. The summed E-state index contributed by atoms with van der Waals surface area (Å²) in [6.07, 6.45) is 0. The molecule has 0 saturated carbocycles. The van der Waals surface area contributed by atoms with Crippen molar-refractivity contribution in [2.24, 2.45) is 0 Å².